The first-order valence-electron chi connectivity index (χ1n) is 9.11. The van der Waals surface area contributed by atoms with Gasteiger partial charge in [0.25, 0.3) is 0 Å². The third kappa shape index (κ3) is 3.09. The third-order valence-electron chi connectivity index (χ3n) is 5.44. The van der Waals surface area contributed by atoms with Crippen molar-refractivity contribution in [2.24, 2.45) is 0 Å². The molecule has 1 fully saturated rings. The molecule has 1 aromatic heterocycles. The fourth-order valence-electron chi connectivity index (χ4n) is 4.02. The van der Waals surface area contributed by atoms with Crippen molar-refractivity contribution in [2.45, 2.75) is 44.1 Å². The molecule has 1 saturated heterocycles. The molecule has 1 aromatic carbocycles. The predicted octanol–water partition coefficient (Wildman–Crippen LogP) is 1.80. The Bertz CT molecular complexity index is 809. The van der Waals surface area contributed by atoms with Crippen LogP contribution in [-0.2, 0) is 22.4 Å². The number of carbonyl (C=O) groups is 2. The SMILES string of the molecule is O=C(O)C1CCc2nnc(C3CCN(C(=O)Cc4ccccc4)CC3)n21. The van der Waals surface area contributed by atoms with Crippen LogP contribution in [0.4, 0.5) is 0 Å². The molecule has 26 heavy (non-hydrogen) atoms. The van der Waals surface area contributed by atoms with Crippen LogP contribution in [0.1, 0.15) is 48.4 Å². The molecule has 0 radical (unpaired) electrons. The van der Waals surface area contributed by atoms with E-state index in [0.29, 0.717) is 32.4 Å². The Labute approximate surface area is 151 Å². The average Bonchev–Trinajstić information content (AvgIpc) is 3.24. The minimum atomic E-state index is -0.819. The highest BCUT2D eigenvalue weighted by molar-refractivity contribution is 5.78. The molecule has 2 aliphatic rings. The number of rotatable bonds is 4. The molecular formula is C19H22N4O3. The molecule has 3 heterocycles. The van der Waals surface area contributed by atoms with Gasteiger partial charge in [0.2, 0.25) is 5.91 Å². The smallest absolute Gasteiger partial charge is 0.326 e. The van der Waals surface area contributed by atoms with Gasteiger partial charge in [0, 0.05) is 25.4 Å². The van der Waals surface area contributed by atoms with Gasteiger partial charge in [-0.2, -0.15) is 0 Å². The Morgan fingerprint density at radius 3 is 2.50 bits per heavy atom. The van der Waals surface area contributed by atoms with Crippen LogP contribution >= 0.6 is 0 Å². The van der Waals surface area contributed by atoms with Gasteiger partial charge in [0.1, 0.15) is 17.7 Å². The Balaban J connectivity index is 1.40. The number of benzene rings is 1. The zero-order valence-corrected chi connectivity index (χ0v) is 14.5. The van der Waals surface area contributed by atoms with Crippen molar-refractivity contribution in [1.82, 2.24) is 19.7 Å². The van der Waals surface area contributed by atoms with Crippen molar-refractivity contribution in [3.8, 4) is 0 Å². The summed E-state index contributed by atoms with van der Waals surface area (Å²) in [7, 11) is 0. The third-order valence-corrected chi connectivity index (χ3v) is 5.44. The number of likely N-dealkylation sites (tertiary alicyclic amines) is 1. The van der Waals surface area contributed by atoms with Gasteiger partial charge in [-0.25, -0.2) is 4.79 Å². The maximum Gasteiger partial charge on any atom is 0.326 e. The van der Waals surface area contributed by atoms with Gasteiger partial charge in [0.05, 0.1) is 6.42 Å². The highest BCUT2D eigenvalue weighted by Gasteiger charge is 2.35. The molecule has 0 spiro atoms. The van der Waals surface area contributed by atoms with Gasteiger partial charge in [-0.1, -0.05) is 30.3 Å². The van der Waals surface area contributed by atoms with Gasteiger partial charge in [-0.05, 0) is 24.8 Å². The van der Waals surface area contributed by atoms with E-state index in [1.54, 1.807) is 0 Å². The van der Waals surface area contributed by atoms with E-state index in [2.05, 4.69) is 10.2 Å². The van der Waals surface area contributed by atoms with E-state index >= 15 is 0 Å². The Kier molecular flexibility index (Phi) is 4.44. The highest BCUT2D eigenvalue weighted by atomic mass is 16.4. The summed E-state index contributed by atoms with van der Waals surface area (Å²) < 4.78 is 1.81. The second-order valence-corrected chi connectivity index (χ2v) is 7.05. The number of hydrogen-bond donors (Lipinski definition) is 1. The quantitative estimate of drug-likeness (QED) is 0.904. The molecule has 1 amide bonds. The zero-order valence-electron chi connectivity index (χ0n) is 14.5. The van der Waals surface area contributed by atoms with E-state index in [4.69, 9.17) is 0 Å². The fraction of sp³-hybridized carbons (Fsp3) is 0.474. The number of fused-ring (bicyclic) bond motifs is 1. The summed E-state index contributed by atoms with van der Waals surface area (Å²) in [5.74, 6) is 1.04. The number of carboxylic acids is 1. The normalized spacial score (nSPS) is 20.2. The van der Waals surface area contributed by atoms with Crippen molar-refractivity contribution in [1.29, 1.82) is 0 Å². The maximum absolute atomic E-state index is 12.5. The molecule has 1 unspecified atom stereocenters. The van der Waals surface area contributed by atoms with Crippen LogP contribution in [0.2, 0.25) is 0 Å². The summed E-state index contributed by atoms with van der Waals surface area (Å²) >= 11 is 0. The molecule has 2 aromatic rings. The molecular weight excluding hydrogens is 332 g/mol. The summed E-state index contributed by atoms with van der Waals surface area (Å²) in [6.45, 7) is 1.35. The number of aromatic nitrogens is 3. The second-order valence-electron chi connectivity index (χ2n) is 7.05. The minimum Gasteiger partial charge on any atom is -0.480 e. The summed E-state index contributed by atoms with van der Waals surface area (Å²) in [4.78, 5) is 25.9. The van der Waals surface area contributed by atoms with E-state index in [9.17, 15) is 14.7 Å². The first kappa shape index (κ1) is 16.8. The van der Waals surface area contributed by atoms with Gasteiger partial charge in [-0.3, -0.25) is 4.79 Å². The van der Waals surface area contributed by atoms with Gasteiger partial charge >= 0.3 is 5.97 Å². The lowest BCUT2D eigenvalue weighted by molar-refractivity contribution is -0.140. The molecule has 7 heteroatoms. The van der Waals surface area contributed by atoms with Crippen molar-refractivity contribution in [2.75, 3.05) is 13.1 Å². The van der Waals surface area contributed by atoms with E-state index in [-0.39, 0.29) is 11.8 Å². The number of carboxylic acid groups (broad SMARTS) is 1. The number of aryl methyl sites for hydroxylation is 1. The molecule has 1 atom stereocenters. The Morgan fingerprint density at radius 2 is 1.81 bits per heavy atom. The van der Waals surface area contributed by atoms with E-state index in [0.717, 1.165) is 30.1 Å². The number of hydrogen-bond acceptors (Lipinski definition) is 4. The van der Waals surface area contributed by atoms with Crippen LogP contribution in [0.25, 0.3) is 0 Å². The first-order valence-corrected chi connectivity index (χ1v) is 9.11. The van der Waals surface area contributed by atoms with Gasteiger partial charge in [0.15, 0.2) is 0 Å². The number of nitrogens with zero attached hydrogens (tertiary/aromatic N) is 4. The number of aliphatic carboxylic acids is 1. The topological polar surface area (TPSA) is 88.3 Å². The van der Waals surface area contributed by atoms with Crippen molar-refractivity contribution in [3.05, 3.63) is 47.5 Å². The molecule has 1 N–H and O–H groups in total. The van der Waals surface area contributed by atoms with Crippen LogP contribution in [-0.4, -0.2) is 49.7 Å². The Morgan fingerprint density at radius 1 is 1.08 bits per heavy atom. The van der Waals surface area contributed by atoms with Crippen LogP contribution in [0.15, 0.2) is 30.3 Å². The molecule has 2 aliphatic heterocycles. The summed E-state index contributed by atoms with van der Waals surface area (Å²) in [5, 5.41) is 17.9. The minimum absolute atomic E-state index is 0.143. The molecule has 0 bridgehead atoms. The van der Waals surface area contributed by atoms with Gasteiger partial charge in [-0.15, -0.1) is 10.2 Å². The van der Waals surface area contributed by atoms with Gasteiger partial charge < -0.3 is 14.6 Å². The lowest BCUT2D eigenvalue weighted by atomic mass is 9.95. The van der Waals surface area contributed by atoms with Crippen LogP contribution in [0.3, 0.4) is 0 Å². The summed E-state index contributed by atoms with van der Waals surface area (Å²) in [5.41, 5.74) is 1.03. The van der Waals surface area contributed by atoms with E-state index in [1.165, 1.54) is 0 Å². The molecule has 7 nitrogen and oxygen atoms in total. The molecule has 136 valence electrons. The van der Waals surface area contributed by atoms with Crippen LogP contribution in [0.5, 0.6) is 0 Å². The average molecular weight is 354 g/mol. The number of amides is 1. The van der Waals surface area contributed by atoms with Crippen LogP contribution < -0.4 is 0 Å². The first-order chi connectivity index (χ1) is 12.6. The maximum atomic E-state index is 12.5. The van der Waals surface area contributed by atoms with Crippen LogP contribution in [0, 0.1) is 0 Å². The fourth-order valence-corrected chi connectivity index (χ4v) is 4.02. The monoisotopic (exact) mass is 354 g/mol. The van der Waals surface area contributed by atoms with Crippen molar-refractivity contribution in [3.63, 3.8) is 0 Å². The zero-order chi connectivity index (χ0) is 18.1. The van der Waals surface area contributed by atoms with Crippen molar-refractivity contribution >= 4 is 11.9 Å². The van der Waals surface area contributed by atoms with E-state index in [1.807, 2.05) is 39.8 Å². The Hall–Kier alpha value is -2.70. The standard InChI is InChI=1S/C19H22N4O3/c24-17(12-13-4-2-1-3-5-13)22-10-8-14(9-11-22)18-21-20-16-7-6-15(19(25)26)23(16)18/h1-5,14-15H,6-12H2,(H,25,26). The largest absolute Gasteiger partial charge is 0.480 e. The lowest BCUT2D eigenvalue weighted by Gasteiger charge is -2.32. The van der Waals surface area contributed by atoms with Crippen molar-refractivity contribution < 1.29 is 14.7 Å². The predicted molar refractivity (Wildman–Crippen MR) is 93.7 cm³/mol. The highest BCUT2D eigenvalue weighted by Crippen LogP contribution is 2.34. The molecule has 0 aliphatic carbocycles. The number of piperidine rings is 1. The summed E-state index contributed by atoms with van der Waals surface area (Å²) in [6.07, 6.45) is 3.27. The van der Waals surface area contributed by atoms with E-state index < -0.39 is 12.0 Å². The lowest BCUT2D eigenvalue weighted by Crippen LogP contribution is -2.39. The second kappa shape index (κ2) is 6.90. The molecule has 4 rings (SSSR count). The summed E-state index contributed by atoms with van der Waals surface area (Å²) in [6, 6.07) is 9.22. The molecule has 0 saturated carbocycles. The number of carbonyl (C=O) groups excluding carboxylic acids is 1.